The molecule has 1 aliphatic rings. The molecule has 0 fully saturated rings. The molecule has 0 radical (unpaired) electrons. The number of rotatable bonds is 4. The van der Waals surface area contributed by atoms with Crippen molar-refractivity contribution >= 4 is 54.1 Å². The minimum atomic E-state index is -0.177. The molecule has 0 amide bonds. The van der Waals surface area contributed by atoms with Gasteiger partial charge in [-0.3, -0.25) is 0 Å². The van der Waals surface area contributed by atoms with Crippen molar-refractivity contribution in [2.75, 3.05) is 0 Å². The molecule has 0 atom stereocenters. The fourth-order valence-corrected chi connectivity index (χ4v) is 10.1. The van der Waals surface area contributed by atoms with E-state index in [1.54, 1.807) is 0 Å². The molecule has 0 N–H and O–H groups in total. The molecule has 10 aromatic carbocycles. The fourth-order valence-electron chi connectivity index (χ4n) is 10.1. The summed E-state index contributed by atoms with van der Waals surface area (Å²) < 4.78 is 2.49. The van der Waals surface area contributed by atoms with Gasteiger partial charge in [0.1, 0.15) is 0 Å². The van der Waals surface area contributed by atoms with Crippen molar-refractivity contribution in [2.24, 2.45) is 0 Å². The molecular weight excluding hydrogens is 699 g/mol. The van der Waals surface area contributed by atoms with Crippen LogP contribution in [0.1, 0.15) is 25.0 Å². The van der Waals surface area contributed by atoms with Gasteiger partial charge in [0.25, 0.3) is 0 Å². The highest BCUT2D eigenvalue weighted by molar-refractivity contribution is 6.13. The van der Waals surface area contributed by atoms with Gasteiger partial charge in [0.2, 0.25) is 0 Å². The second-order valence-electron chi connectivity index (χ2n) is 16.5. The summed E-state index contributed by atoms with van der Waals surface area (Å²) in [5, 5.41) is 10.1. The topological polar surface area (TPSA) is 4.93 Å². The van der Waals surface area contributed by atoms with Crippen molar-refractivity contribution in [2.45, 2.75) is 19.3 Å². The first-order valence-electron chi connectivity index (χ1n) is 20.3. The third kappa shape index (κ3) is 4.83. The van der Waals surface area contributed by atoms with E-state index in [1.807, 2.05) is 0 Å². The Hall–Kier alpha value is -7.22. The third-order valence-corrected chi connectivity index (χ3v) is 13.0. The largest absolute Gasteiger partial charge is 0.309 e. The lowest BCUT2D eigenvalue weighted by atomic mass is 9.81. The molecule has 1 aliphatic carbocycles. The Balaban J connectivity index is 1.05. The van der Waals surface area contributed by atoms with Crippen molar-refractivity contribution in [3.63, 3.8) is 0 Å². The first kappa shape index (κ1) is 33.0. The van der Waals surface area contributed by atoms with Crippen molar-refractivity contribution in [1.82, 2.24) is 4.57 Å². The van der Waals surface area contributed by atoms with Crippen LogP contribution >= 0.6 is 0 Å². The molecular formula is C57H39N. The molecule has 58 heavy (non-hydrogen) atoms. The zero-order chi connectivity index (χ0) is 38.5. The van der Waals surface area contributed by atoms with Gasteiger partial charge in [-0.15, -0.1) is 0 Å². The summed E-state index contributed by atoms with van der Waals surface area (Å²) in [5.41, 5.74) is 16.3. The summed E-state index contributed by atoms with van der Waals surface area (Å²) in [5.74, 6) is 0. The van der Waals surface area contributed by atoms with E-state index in [0.717, 1.165) is 0 Å². The Morgan fingerprint density at radius 2 is 0.707 bits per heavy atom. The van der Waals surface area contributed by atoms with Crippen LogP contribution in [0.3, 0.4) is 0 Å². The van der Waals surface area contributed by atoms with Crippen LogP contribution < -0.4 is 0 Å². The van der Waals surface area contributed by atoms with Gasteiger partial charge in [0.15, 0.2) is 0 Å². The molecule has 12 rings (SSSR count). The normalized spacial score (nSPS) is 13.1. The van der Waals surface area contributed by atoms with E-state index in [1.165, 1.54) is 115 Å². The van der Waals surface area contributed by atoms with Gasteiger partial charge in [0.05, 0.1) is 11.0 Å². The molecule has 0 saturated heterocycles. The highest BCUT2D eigenvalue weighted by Gasteiger charge is 2.36. The van der Waals surface area contributed by atoms with Crippen LogP contribution in [0.4, 0.5) is 0 Å². The summed E-state index contributed by atoms with van der Waals surface area (Å²) in [4.78, 5) is 0. The number of aromatic nitrogens is 1. The Morgan fingerprint density at radius 1 is 0.310 bits per heavy atom. The van der Waals surface area contributed by atoms with Crippen LogP contribution in [0, 0.1) is 0 Å². The highest BCUT2D eigenvalue weighted by atomic mass is 15.0. The van der Waals surface area contributed by atoms with E-state index in [9.17, 15) is 0 Å². The van der Waals surface area contributed by atoms with Crippen molar-refractivity contribution in [3.05, 3.63) is 211 Å². The number of hydrogen-bond acceptors (Lipinski definition) is 0. The van der Waals surface area contributed by atoms with Crippen LogP contribution in [0.25, 0.3) is 104 Å². The summed E-state index contributed by atoms with van der Waals surface area (Å²) >= 11 is 0. The lowest BCUT2D eigenvalue weighted by molar-refractivity contribution is 0.660. The Bertz CT molecular complexity index is 3330. The second kappa shape index (κ2) is 12.4. The van der Waals surface area contributed by atoms with Gasteiger partial charge in [-0.1, -0.05) is 172 Å². The van der Waals surface area contributed by atoms with Crippen molar-refractivity contribution in [3.8, 4) is 50.2 Å². The lowest BCUT2D eigenvalue weighted by Crippen LogP contribution is -2.15. The second-order valence-corrected chi connectivity index (χ2v) is 16.5. The predicted molar refractivity (Wildman–Crippen MR) is 247 cm³/mol. The maximum atomic E-state index is 2.49. The van der Waals surface area contributed by atoms with Gasteiger partial charge in [-0.25, -0.2) is 0 Å². The van der Waals surface area contributed by atoms with Crippen LogP contribution in [-0.4, -0.2) is 4.57 Å². The van der Waals surface area contributed by atoms with Crippen molar-refractivity contribution in [1.29, 1.82) is 0 Å². The Labute approximate surface area is 338 Å². The van der Waals surface area contributed by atoms with E-state index in [-0.39, 0.29) is 5.41 Å². The average Bonchev–Trinajstić information content (AvgIpc) is 3.72. The minimum absolute atomic E-state index is 0.177. The molecule has 0 aliphatic heterocycles. The standard InChI is InChI=1S/C57H39N/c1-57(2)53-34-41(48-23-11-17-38-14-5-8-20-45(38)48)24-28-49(53)50-29-27-42(35-54(50)57)58-55-30-25-39(46-21-9-15-36-12-3-6-18-43(36)46)32-51(55)52-33-40(26-31-56(52)58)47-22-10-16-37-13-4-7-19-44(37)47/h3-35H,1-2H3. The average molecular weight is 738 g/mol. The summed E-state index contributed by atoms with van der Waals surface area (Å²) in [7, 11) is 0. The maximum Gasteiger partial charge on any atom is 0.0541 e. The zero-order valence-electron chi connectivity index (χ0n) is 32.5. The molecule has 11 aromatic rings. The van der Waals surface area contributed by atoms with E-state index in [0.29, 0.717) is 0 Å². The van der Waals surface area contributed by atoms with Gasteiger partial charge in [0, 0.05) is 21.9 Å². The minimum Gasteiger partial charge on any atom is -0.309 e. The first-order valence-corrected chi connectivity index (χ1v) is 20.3. The molecule has 0 bridgehead atoms. The van der Waals surface area contributed by atoms with E-state index < -0.39 is 0 Å². The van der Waals surface area contributed by atoms with Gasteiger partial charge in [-0.2, -0.15) is 0 Å². The fraction of sp³-hybridized carbons (Fsp3) is 0.0526. The summed E-state index contributed by atoms with van der Waals surface area (Å²) in [6.07, 6.45) is 0. The number of benzene rings is 10. The smallest absolute Gasteiger partial charge is 0.0541 e. The molecule has 1 heterocycles. The third-order valence-electron chi connectivity index (χ3n) is 13.0. The monoisotopic (exact) mass is 737 g/mol. The lowest BCUT2D eigenvalue weighted by Gasteiger charge is -2.23. The van der Waals surface area contributed by atoms with E-state index in [2.05, 4.69) is 219 Å². The molecule has 1 heteroatoms. The van der Waals surface area contributed by atoms with Crippen LogP contribution in [0.5, 0.6) is 0 Å². The molecule has 1 nitrogen and oxygen atoms in total. The number of hydrogen-bond donors (Lipinski definition) is 0. The molecule has 0 spiro atoms. The highest BCUT2D eigenvalue weighted by Crippen LogP contribution is 2.51. The SMILES string of the molecule is CC1(C)c2cc(-c3cccc4ccccc34)ccc2-c2ccc(-n3c4ccc(-c5cccc6ccccc56)cc4c4cc(-c5cccc6ccccc56)ccc43)cc21. The Kier molecular flexibility index (Phi) is 7.04. The van der Waals surface area contributed by atoms with Crippen molar-refractivity contribution < 1.29 is 0 Å². The van der Waals surface area contributed by atoms with E-state index in [4.69, 9.17) is 0 Å². The first-order chi connectivity index (χ1) is 28.5. The maximum absolute atomic E-state index is 2.49. The number of nitrogens with zero attached hydrogens (tertiary/aromatic N) is 1. The molecule has 1 aromatic heterocycles. The van der Waals surface area contributed by atoms with Gasteiger partial charge >= 0.3 is 0 Å². The molecule has 0 unspecified atom stereocenters. The quantitative estimate of drug-likeness (QED) is 0.169. The van der Waals surface area contributed by atoms with Gasteiger partial charge in [-0.05, 0) is 130 Å². The zero-order valence-corrected chi connectivity index (χ0v) is 32.5. The summed E-state index contributed by atoms with van der Waals surface area (Å²) in [6.45, 7) is 4.79. The predicted octanol–water partition coefficient (Wildman–Crippen LogP) is 15.6. The summed E-state index contributed by atoms with van der Waals surface area (Å²) in [6, 6.07) is 74.5. The molecule has 272 valence electrons. The molecule has 0 saturated carbocycles. The van der Waals surface area contributed by atoms with Crippen LogP contribution in [0.15, 0.2) is 200 Å². The van der Waals surface area contributed by atoms with Gasteiger partial charge < -0.3 is 4.57 Å². The number of fused-ring (bicyclic) bond motifs is 9. The Morgan fingerprint density at radius 3 is 1.21 bits per heavy atom. The van der Waals surface area contributed by atoms with E-state index >= 15 is 0 Å². The van der Waals surface area contributed by atoms with Crippen LogP contribution in [0.2, 0.25) is 0 Å². The van der Waals surface area contributed by atoms with Crippen LogP contribution in [-0.2, 0) is 5.41 Å².